The first-order valence-corrected chi connectivity index (χ1v) is 4.04. The molecule has 0 aromatic rings. The molecule has 0 aromatic carbocycles. The van der Waals surface area contributed by atoms with Gasteiger partial charge in [0, 0.05) is 6.04 Å². The molecule has 11 heavy (non-hydrogen) atoms. The minimum absolute atomic E-state index is 0. The minimum atomic E-state index is -0.0406. The van der Waals surface area contributed by atoms with Gasteiger partial charge >= 0.3 is 0 Å². The predicted octanol–water partition coefficient (Wildman–Crippen LogP) is 1.27. The molecule has 1 aliphatic carbocycles. The van der Waals surface area contributed by atoms with Crippen LogP contribution in [0.1, 0.15) is 25.7 Å². The zero-order chi connectivity index (χ0) is 7.56. The van der Waals surface area contributed by atoms with Crippen LogP contribution in [-0.4, -0.2) is 36.2 Å². The minimum Gasteiger partial charge on any atom is -0.393 e. The standard InChI is InChI=1S/C8H17NO.ClH/c1-9(2)7-4-3-5-8(10)6-7;/h7-8,10H,3-6H2,1-2H3;1H/t7-,8+;/m0./s1. The van der Waals surface area contributed by atoms with E-state index in [1.807, 2.05) is 0 Å². The largest absolute Gasteiger partial charge is 0.393 e. The van der Waals surface area contributed by atoms with Crippen LogP contribution in [0.2, 0.25) is 0 Å². The molecule has 1 aliphatic rings. The number of hydrogen-bond donors (Lipinski definition) is 1. The lowest BCUT2D eigenvalue weighted by Gasteiger charge is -2.30. The third-order valence-corrected chi connectivity index (χ3v) is 2.35. The number of nitrogens with zero attached hydrogens (tertiary/aromatic N) is 1. The van der Waals surface area contributed by atoms with Crippen LogP contribution in [0.3, 0.4) is 0 Å². The van der Waals surface area contributed by atoms with E-state index >= 15 is 0 Å². The van der Waals surface area contributed by atoms with E-state index in [1.54, 1.807) is 0 Å². The third-order valence-electron chi connectivity index (χ3n) is 2.35. The van der Waals surface area contributed by atoms with Gasteiger partial charge in [-0.25, -0.2) is 0 Å². The lowest BCUT2D eigenvalue weighted by molar-refractivity contribution is 0.0820. The van der Waals surface area contributed by atoms with Crippen molar-refractivity contribution in [1.82, 2.24) is 4.90 Å². The van der Waals surface area contributed by atoms with Gasteiger partial charge in [-0.05, 0) is 39.8 Å². The van der Waals surface area contributed by atoms with Crippen molar-refractivity contribution < 1.29 is 5.11 Å². The Kier molecular flexibility index (Phi) is 5.06. The Morgan fingerprint density at radius 3 is 2.27 bits per heavy atom. The summed E-state index contributed by atoms with van der Waals surface area (Å²) in [6.45, 7) is 0. The fourth-order valence-corrected chi connectivity index (χ4v) is 1.61. The smallest absolute Gasteiger partial charge is 0.0555 e. The van der Waals surface area contributed by atoms with Gasteiger partial charge in [0.05, 0.1) is 6.10 Å². The maximum Gasteiger partial charge on any atom is 0.0555 e. The number of aliphatic hydroxyl groups excluding tert-OH is 1. The van der Waals surface area contributed by atoms with Crippen LogP contribution < -0.4 is 0 Å². The number of aliphatic hydroxyl groups is 1. The lowest BCUT2D eigenvalue weighted by atomic mass is 9.92. The summed E-state index contributed by atoms with van der Waals surface area (Å²) in [4.78, 5) is 2.21. The Bertz CT molecular complexity index is 108. The summed E-state index contributed by atoms with van der Waals surface area (Å²) in [7, 11) is 4.17. The number of halogens is 1. The van der Waals surface area contributed by atoms with Crippen LogP contribution in [0.4, 0.5) is 0 Å². The van der Waals surface area contributed by atoms with Gasteiger partial charge in [-0.3, -0.25) is 0 Å². The van der Waals surface area contributed by atoms with Gasteiger partial charge < -0.3 is 10.0 Å². The van der Waals surface area contributed by atoms with Gasteiger partial charge in [0.1, 0.15) is 0 Å². The Hall–Kier alpha value is 0.210. The molecule has 1 N–H and O–H groups in total. The van der Waals surface area contributed by atoms with Crippen LogP contribution in [0.25, 0.3) is 0 Å². The average Bonchev–Trinajstić information content (AvgIpc) is 1.88. The molecule has 0 amide bonds. The van der Waals surface area contributed by atoms with Crippen LogP contribution in [-0.2, 0) is 0 Å². The molecule has 0 aromatic heterocycles. The second-order valence-corrected chi connectivity index (χ2v) is 3.44. The molecule has 0 bridgehead atoms. The second-order valence-electron chi connectivity index (χ2n) is 3.44. The van der Waals surface area contributed by atoms with E-state index in [0.29, 0.717) is 6.04 Å². The fourth-order valence-electron chi connectivity index (χ4n) is 1.61. The summed E-state index contributed by atoms with van der Waals surface area (Å²) in [5, 5.41) is 9.30. The van der Waals surface area contributed by atoms with Gasteiger partial charge in [-0.15, -0.1) is 12.4 Å². The summed E-state index contributed by atoms with van der Waals surface area (Å²) in [6.07, 6.45) is 4.37. The molecular formula is C8H18ClNO. The van der Waals surface area contributed by atoms with Gasteiger partial charge in [-0.2, -0.15) is 0 Å². The van der Waals surface area contributed by atoms with Crippen molar-refractivity contribution in [2.75, 3.05) is 14.1 Å². The molecule has 2 atom stereocenters. The average molecular weight is 180 g/mol. The molecule has 2 nitrogen and oxygen atoms in total. The molecule has 3 heteroatoms. The number of rotatable bonds is 1. The van der Waals surface area contributed by atoms with Crippen molar-refractivity contribution in [3.63, 3.8) is 0 Å². The molecular weight excluding hydrogens is 162 g/mol. The Balaban J connectivity index is 0.000001000. The van der Waals surface area contributed by atoms with Crippen LogP contribution in [0, 0.1) is 0 Å². The molecule has 1 saturated carbocycles. The van der Waals surface area contributed by atoms with Gasteiger partial charge in [-0.1, -0.05) is 0 Å². The van der Waals surface area contributed by atoms with Gasteiger partial charge in [0.25, 0.3) is 0 Å². The first-order valence-electron chi connectivity index (χ1n) is 4.04. The summed E-state index contributed by atoms with van der Waals surface area (Å²) in [6, 6.07) is 0.615. The number of hydrogen-bond acceptors (Lipinski definition) is 2. The van der Waals surface area contributed by atoms with Crippen LogP contribution in [0.5, 0.6) is 0 Å². The fraction of sp³-hybridized carbons (Fsp3) is 1.00. The Labute approximate surface area is 75.0 Å². The quantitative estimate of drug-likeness (QED) is 0.656. The van der Waals surface area contributed by atoms with E-state index < -0.39 is 0 Å². The summed E-state index contributed by atoms with van der Waals surface area (Å²) in [5.41, 5.74) is 0. The van der Waals surface area contributed by atoms with Crippen molar-refractivity contribution in [3.05, 3.63) is 0 Å². The highest BCUT2D eigenvalue weighted by atomic mass is 35.5. The normalized spacial score (nSPS) is 31.6. The van der Waals surface area contributed by atoms with Crippen molar-refractivity contribution in [2.24, 2.45) is 0 Å². The zero-order valence-corrected chi connectivity index (χ0v) is 8.10. The van der Waals surface area contributed by atoms with Crippen molar-refractivity contribution in [1.29, 1.82) is 0 Å². The Morgan fingerprint density at radius 1 is 1.27 bits per heavy atom. The zero-order valence-electron chi connectivity index (χ0n) is 7.29. The molecule has 0 saturated heterocycles. The van der Waals surface area contributed by atoms with E-state index in [4.69, 9.17) is 0 Å². The Morgan fingerprint density at radius 2 is 1.91 bits per heavy atom. The van der Waals surface area contributed by atoms with Crippen molar-refractivity contribution in [3.8, 4) is 0 Å². The molecule has 0 unspecified atom stereocenters. The molecule has 0 radical (unpaired) electrons. The summed E-state index contributed by atoms with van der Waals surface area (Å²) in [5.74, 6) is 0. The van der Waals surface area contributed by atoms with Gasteiger partial charge in [0.2, 0.25) is 0 Å². The SMILES string of the molecule is CN(C)[C@H]1CCC[C@@H](O)C1.Cl. The summed E-state index contributed by atoms with van der Waals surface area (Å²) < 4.78 is 0. The van der Waals surface area contributed by atoms with Crippen LogP contribution in [0.15, 0.2) is 0 Å². The monoisotopic (exact) mass is 179 g/mol. The van der Waals surface area contributed by atoms with Crippen molar-refractivity contribution >= 4 is 12.4 Å². The van der Waals surface area contributed by atoms with E-state index in [9.17, 15) is 5.11 Å². The van der Waals surface area contributed by atoms with Gasteiger partial charge in [0.15, 0.2) is 0 Å². The topological polar surface area (TPSA) is 23.5 Å². The highest BCUT2D eigenvalue weighted by Crippen LogP contribution is 2.20. The van der Waals surface area contributed by atoms with E-state index in [-0.39, 0.29) is 18.5 Å². The molecule has 0 heterocycles. The van der Waals surface area contributed by atoms with E-state index in [2.05, 4.69) is 19.0 Å². The molecule has 0 spiro atoms. The van der Waals surface area contributed by atoms with Crippen molar-refractivity contribution in [2.45, 2.75) is 37.8 Å². The highest BCUT2D eigenvalue weighted by Gasteiger charge is 2.20. The van der Waals surface area contributed by atoms with E-state index in [1.165, 1.54) is 12.8 Å². The third kappa shape index (κ3) is 3.41. The first-order chi connectivity index (χ1) is 4.70. The maximum absolute atomic E-state index is 9.30. The molecule has 68 valence electrons. The molecule has 1 fully saturated rings. The molecule has 1 rings (SSSR count). The highest BCUT2D eigenvalue weighted by molar-refractivity contribution is 5.85. The van der Waals surface area contributed by atoms with E-state index in [0.717, 1.165) is 12.8 Å². The maximum atomic E-state index is 9.30. The second kappa shape index (κ2) is 4.96. The predicted molar refractivity (Wildman–Crippen MR) is 49.2 cm³/mol. The summed E-state index contributed by atoms with van der Waals surface area (Å²) >= 11 is 0. The first kappa shape index (κ1) is 11.2. The van der Waals surface area contributed by atoms with Crippen LogP contribution >= 0.6 is 12.4 Å². The lowest BCUT2D eigenvalue weighted by Crippen LogP contribution is -2.34. The molecule has 0 aliphatic heterocycles.